The molecule has 146 valence electrons. The fourth-order valence-electron chi connectivity index (χ4n) is 4.65. The van der Waals surface area contributed by atoms with Gasteiger partial charge in [-0.3, -0.25) is 9.78 Å². The number of ether oxygens (including phenoxy) is 1. The number of aromatic nitrogens is 1. The molecule has 5 nitrogen and oxygen atoms in total. The monoisotopic (exact) mass is 378 g/mol. The van der Waals surface area contributed by atoms with Crippen molar-refractivity contribution in [2.24, 2.45) is 5.92 Å². The van der Waals surface area contributed by atoms with E-state index in [1.807, 2.05) is 61.2 Å². The fourth-order valence-corrected chi connectivity index (χ4v) is 4.65. The maximum Gasteiger partial charge on any atom is 0.410 e. The first-order valence-electron chi connectivity index (χ1n) is 10.0. The van der Waals surface area contributed by atoms with Crippen LogP contribution < -0.4 is 0 Å². The molecule has 2 aliphatic rings. The van der Waals surface area contributed by atoms with Gasteiger partial charge in [-0.2, -0.15) is 0 Å². The van der Waals surface area contributed by atoms with Crippen LogP contribution in [-0.2, 0) is 11.3 Å². The van der Waals surface area contributed by atoms with Crippen molar-refractivity contribution < 1.29 is 14.3 Å². The Kier molecular flexibility index (Phi) is 5.16. The number of amides is 1. The highest BCUT2D eigenvalue weighted by Gasteiger charge is 2.46. The summed E-state index contributed by atoms with van der Waals surface area (Å²) in [5.41, 5.74) is 3.41. The molecule has 2 aliphatic heterocycles. The average Bonchev–Trinajstić information content (AvgIpc) is 2.96. The zero-order valence-electron chi connectivity index (χ0n) is 16.4. The number of carbonyl (C=O) groups is 2. The molecule has 2 fully saturated rings. The Hall–Kier alpha value is -2.69. The SMILES string of the molecule is Cc1ccc(C(=O)C2CC3CCC(C2)N3C(=O)OCc2ccccc2)c(C)n1. The molecule has 0 aliphatic carbocycles. The van der Waals surface area contributed by atoms with Gasteiger partial charge in [0.25, 0.3) is 0 Å². The number of carbonyl (C=O) groups excluding carboxylic acids is 2. The van der Waals surface area contributed by atoms with Crippen LogP contribution in [0.3, 0.4) is 0 Å². The van der Waals surface area contributed by atoms with E-state index in [9.17, 15) is 9.59 Å². The molecule has 0 N–H and O–H groups in total. The minimum Gasteiger partial charge on any atom is -0.445 e. The predicted octanol–water partition coefficient (Wildman–Crippen LogP) is 4.46. The minimum atomic E-state index is -0.254. The Balaban J connectivity index is 1.41. The number of fused-ring (bicyclic) bond motifs is 2. The van der Waals surface area contributed by atoms with Crippen molar-refractivity contribution in [2.45, 2.75) is 58.2 Å². The van der Waals surface area contributed by atoms with Gasteiger partial charge in [0.2, 0.25) is 0 Å². The smallest absolute Gasteiger partial charge is 0.410 e. The fraction of sp³-hybridized carbons (Fsp3) is 0.435. The Labute approximate surface area is 165 Å². The molecule has 2 unspecified atom stereocenters. The van der Waals surface area contributed by atoms with Crippen LogP contribution in [0.15, 0.2) is 42.5 Å². The normalized spacial score (nSPS) is 23.5. The summed E-state index contributed by atoms with van der Waals surface area (Å²) >= 11 is 0. The van der Waals surface area contributed by atoms with Crippen molar-refractivity contribution in [3.8, 4) is 0 Å². The number of hydrogen-bond donors (Lipinski definition) is 0. The highest BCUT2D eigenvalue weighted by atomic mass is 16.6. The van der Waals surface area contributed by atoms with Crippen molar-refractivity contribution in [1.29, 1.82) is 0 Å². The van der Waals surface area contributed by atoms with E-state index in [4.69, 9.17) is 4.74 Å². The summed E-state index contributed by atoms with van der Waals surface area (Å²) in [4.78, 5) is 32.1. The first-order valence-corrected chi connectivity index (χ1v) is 10.0. The molecule has 0 saturated carbocycles. The second kappa shape index (κ2) is 7.74. The van der Waals surface area contributed by atoms with Gasteiger partial charge in [-0.05, 0) is 57.2 Å². The zero-order chi connectivity index (χ0) is 19.7. The summed E-state index contributed by atoms with van der Waals surface area (Å²) in [5.74, 6) is 0.123. The first-order chi connectivity index (χ1) is 13.5. The largest absolute Gasteiger partial charge is 0.445 e. The number of rotatable bonds is 4. The van der Waals surface area contributed by atoms with Crippen molar-refractivity contribution in [1.82, 2.24) is 9.88 Å². The van der Waals surface area contributed by atoms with Crippen LogP contribution in [0.25, 0.3) is 0 Å². The van der Waals surface area contributed by atoms with E-state index in [-0.39, 0.29) is 36.5 Å². The van der Waals surface area contributed by atoms with Gasteiger partial charge in [-0.15, -0.1) is 0 Å². The van der Waals surface area contributed by atoms with Gasteiger partial charge in [-0.25, -0.2) is 4.79 Å². The number of ketones is 1. The van der Waals surface area contributed by atoms with Gasteiger partial charge in [0.1, 0.15) is 6.61 Å². The topological polar surface area (TPSA) is 59.5 Å². The molecule has 1 aromatic heterocycles. The molecule has 0 spiro atoms. The Morgan fingerprint density at radius 2 is 1.71 bits per heavy atom. The molecule has 5 heteroatoms. The zero-order valence-corrected chi connectivity index (χ0v) is 16.4. The molecule has 2 atom stereocenters. The van der Waals surface area contributed by atoms with Crippen molar-refractivity contribution in [3.05, 3.63) is 65.0 Å². The van der Waals surface area contributed by atoms with E-state index in [0.29, 0.717) is 12.8 Å². The Morgan fingerprint density at radius 3 is 2.36 bits per heavy atom. The van der Waals surface area contributed by atoms with E-state index in [1.54, 1.807) is 0 Å². The van der Waals surface area contributed by atoms with E-state index in [2.05, 4.69) is 4.98 Å². The summed E-state index contributed by atoms with van der Waals surface area (Å²) in [5, 5.41) is 0. The van der Waals surface area contributed by atoms with E-state index in [1.165, 1.54) is 0 Å². The maximum atomic E-state index is 13.1. The van der Waals surface area contributed by atoms with Crippen molar-refractivity contribution in [2.75, 3.05) is 0 Å². The van der Waals surface area contributed by atoms with Crippen LogP contribution in [0.2, 0.25) is 0 Å². The highest BCUT2D eigenvalue weighted by molar-refractivity contribution is 5.99. The second-order valence-corrected chi connectivity index (χ2v) is 7.95. The molecular formula is C23H26N2O3. The van der Waals surface area contributed by atoms with Gasteiger partial charge in [0.15, 0.2) is 5.78 Å². The molecule has 3 heterocycles. The summed E-state index contributed by atoms with van der Waals surface area (Å²) in [7, 11) is 0. The van der Waals surface area contributed by atoms with Crippen molar-refractivity contribution >= 4 is 11.9 Å². The third-order valence-corrected chi connectivity index (χ3v) is 6.01. The third-order valence-electron chi connectivity index (χ3n) is 6.01. The molecular weight excluding hydrogens is 352 g/mol. The Bertz CT molecular complexity index is 867. The number of piperidine rings is 1. The van der Waals surface area contributed by atoms with Gasteiger partial charge in [0, 0.05) is 35.0 Å². The average molecular weight is 378 g/mol. The number of pyridine rings is 1. The number of nitrogens with zero attached hydrogens (tertiary/aromatic N) is 2. The van der Waals surface area contributed by atoms with Crippen LogP contribution in [-0.4, -0.2) is 33.8 Å². The summed E-state index contributed by atoms with van der Waals surface area (Å²) in [6.45, 7) is 4.11. The standard InChI is InChI=1S/C23H26N2O3/c1-15-8-11-21(16(2)24-15)22(26)18-12-19-9-10-20(13-18)25(19)23(27)28-14-17-6-4-3-5-7-17/h3-8,11,18-20H,9-10,12-14H2,1-2H3. The number of Topliss-reactive ketones (excluding diaryl/α,β-unsaturated/α-hetero) is 1. The molecule has 28 heavy (non-hydrogen) atoms. The molecule has 2 aromatic rings. The van der Waals surface area contributed by atoms with Gasteiger partial charge < -0.3 is 9.64 Å². The first kappa shape index (κ1) is 18.7. The van der Waals surface area contributed by atoms with Crippen LogP contribution in [0, 0.1) is 19.8 Å². The number of hydrogen-bond acceptors (Lipinski definition) is 4. The summed E-state index contributed by atoms with van der Waals surface area (Å²) < 4.78 is 5.55. The van der Waals surface area contributed by atoms with Crippen LogP contribution in [0.5, 0.6) is 0 Å². The summed E-state index contributed by atoms with van der Waals surface area (Å²) in [6, 6.07) is 13.7. The lowest BCUT2D eigenvalue weighted by molar-refractivity contribution is 0.0484. The lowest BCUT2D eigenvalue weighted by Gasteiger charge is -2.37. The predicted molar refractivity (Wildman–Crippen MR) is 106 cm³/mol. The van der Waals surface area contributed by atoms with E-state index < -0.39 is 0 Å². The lowest BCUT2D eigenvalue weighted by atomic mass is 9.84. The van der Waals surface area contributed by atoms with Crippen LogP contribution in [0.1, 0.15) is 53.0 Å². The maximum absolute atomic E-state index is 13.1. The van der Waals surface area contributed by atoms with Crippen LogP contribution in [0.4, 0.5) is 4.79 Å². The lowest BCUT2D eigenvalue weighted by Crippen LogP contribution is -2.48. The van der Waals surface area contributed by atoms with Gasteiger partial charge >= 0.3 is 6.09 Å². The minimum absolute atomic E-state index is 0.0427. The Morgan fingerprint density at radius 1 is 1.04 bits per heavy atom. The molecule has 1 aromatic carbocycles. The molecule has 0 radical (unpaired) electrons. The molecule has 1 amide bonds. The van der Waals surface area contributed by atoms with Crippen LogP contribution >= 0.6 is 0 Å². The van der Waals surface area contributed by atoms with Gasteiger partial charge in [0.05, 0.1) is 0 Å². The van der Waals surface area contributed by atoms with Gasteiger partial charge in [-0.1, -0.05) is 30.3 Å². The second-order valence-electron chi connectivity index (χ2n) is 7.95. The summed E-state index contributed by atoms with van der Waals surface area (Å²) in [6.07, 6.45) is 3.06. The molecule has 2 bridgehead atoms. The van der Waals surface area contributed by atoms with E-state index >= 15 is 0 Å². The number of aryl methyl sites for hydroxylation is 2. The quantitative estimate of drug-likeness (QED) is 0.737. The van der Waals surface area contributed by atoms with E-state index in [0.717, 1.165) is 35.4 Å². The molecule has 2 saturated heterocycles. The highest BCUT2D eigenvalue weighted by Crippen LogP contribution is 2.40. The number of benzene rings is 1. The van der Waals surface area contributed by atoms with Crippen molar-refractivity contribution in [3.63, 3.8) is 0 Å². The molecule has 4 rings (SSSR count). The third kappa shape index (κ3) is 3.66.